The van der Waals surface area contributed by atoms with E-state index in [1.807, 2.05) is 7.05 Å². The molecule has 3 N–H and O–H groups in total. The number of rotatable bonds is 7. The van der Waals surface area contributed by atoms with E-state index in [4.69, 9.17) is 5.14 Å². The number of piperidine rings is 1. The van der Waals surface area contributed by atoms with E-state index in [0.717, 1.165) is 31.4 Å². The van der Waals surface area contributed by atoms with Crippen molar-refractivity contribution in [1.82, 2.24) is 9.80 Å². The standard InChI is InChI=1S/C19H31N3O4S/c1-4-9-21(3)13-18(23)15-7-10-22(11-8-15)19(24)17-12-16(27(20,25)26)6-5-14(17)2/h5-6,12,15,18,23H,4,7-11,13H2,1-3H3,(H2,20,25,26). The first-order chi connectivity index (χ1) is 12.6. The second-order valence-corrected chi connectivity index (χ2v) is 9.04. The average molecular weight is 398 g/mol. The van der Waals surface area contributed by atoms with Crippen LogP contribution in [-0.4, -0.2) is 68.6 Å². The van der Waals surface area contributed by atoms with Gasteiger partial charge in [0.1, 0.15) is 0 Å². The third kappa shape index (κ3) is 5.75. The Balaban J connectivity index is 2.01. The smallest absolute Gasteiger partial charge is 0.254 e. The zero-order chi connectivity index (χ0) is 20.2. The van der Waals surface area contributed by atoms with Gasteiger partial charge in [0, 0.05) is 25.2 Å². The summed E-state index contributed by atoms with van der Waals surface area (Å²) in [7, 11) is -1.84. The molecule has 1 aliphatic rings. The van der Waals surface area contributed by atoms with Crippen LogP contribution in [0.25, 0.3) is 0 Å². The van der Waals surface area contributed by atoms with Crippen molar-refractivity contribution in [3.8, 4) is 0 Å². The van der Waals surface area contributed by atoms with Crippen molar-refractivity contribution in [3.05, 3.63) is 29.3 Å². The molecule has 152 valence electrons. The van der Waals surface area contributed by atoms with Crippen LogP contribution in [0.1, 0.15) is 42.1 Å². The monoisotopic (exact) mass is 397 g/mol. The van der Waals surface area contributed by atoms with Gasteiger partial charge in [-0.05, 0) is 63.4 Å². The van der Waals surface area contributed by atoms with Crippen LogP contribution in [0.2, 0.25) is 0 Å². The molecule has 0 aliphatic carbocycles. The van der Waals surface area contributed by atoms with Gasteiger partial charge >= 0.3 is 0 Å². The maximum atomic E-state index is 12.9. The van der Waals surface area contributed by atoms with Crippen molar-refractivity contribution in [2.75, 3.05) is 33.2 Å². The Hall–Kier alpha value is -1.48. The molecule has 1 aromatic carbocycles. The first kappa shape index (κ1) is 21.8. The molecular weight excluding hydrogens is 366 g/mol. The Bertz CT molecular complexity index is 758. The van der Waals surface area contributed by atoms with Crippen molar-refractivity contribution < 1.29 is 18.3 Å². The van der Waals surface area contributed by atoms with Crippen molar-refractivity contribution in [2.24, 2.45) is 11.1 Å². The van der Waals surface area contributed by atoms with E-state index >= 15 is 0 Å². The summed E-state index contributed by atoms with van der Waals surface area (Å²) < 4.78 is 23.1. The van der Waals surface area contributed by atoms with E-state index in [2.05, 4.69) is 11.8 Å². The number of sulfonamides is 1. The summed E-state index contributed by atoms with van der Waals surface area (Å²) in [5.41, 5.74) is 1.08. The normalized spacial score (nSPS) is 17.3. The zero-order valence-electron chi connectivity index (χ0n) is 16.4. The third-order valence-corrected chi connectivity index (χ3v) is 6.15. The molecule has 1 amide bonds. The Morgan fingerprint density at radius 3 is 2.56 bits per heavy atom. The molecule has 0 spiro atoms. The van der Waals surface area contributed by atoms with Gasteiger partial charge in [0.15, 0.2) is 0 Å². The highest BCUT2D eigenvalue weighted by Gasteiger charge is 2.29. The number of carbonyl (C=O) groups excluding carboxylic acids is 1. The highest BCUT2D eigenvalue weighted by Crippen LogP contribution is 2.24. The Kier molecular flexibility index (Phi) is 7.39. The summed E-state index contributed by atoms with van der Waals surface area (Å²) >= 11 is 0. The van der Waals surface area contributed by atoms with Gasteiger partial charge in [-0.25, -0.2) is 13.6 Å². The van der Waals surface area contributed by atoms with Crippen LogP contribution in [0.3, 0.4) is 0 Å². The van der Waals surface area contributed by atoms with Crippen LogP contribution >= 0.6 is 0 Å². The molecule has 1 unspecified atom stereocenters. The van der Waals surface area contributed by atoms with Gasteiger partial charge in [-0.2, -0.15) is 0 Å². The Morgan fingerprint density at radius 1 is 1.37 bits per heavy atom. The number of aliphatic hydroxyl groups is 1. The molecule has 0 bridgehead atoms. The van der Waals surface area contributed by atoms with Crippen LogP contribution < -0.4 is 5.14 Å². The Labute approximate surface area is 162 Å². The fourth-order valence-electron chi connectivity index (χ4n) is 3.61. The highest BCUT2D eigenvalue weighted by atomic mass is 32.2. The molecule has 27 heavy (non-hydrogen) atoms. The molecule has 0 saturated carbocycles. The number of nitrogens with two attached hydrogens (primary N) is 1. The van der Waals surface area contributed by atoms with Crippen LogP contribution in [0.4, 0.5) is 0 Å². The van der Waals surface area contributed by atoms with E-state index in [1.165, 1.54) is 12.1 Å². The fourth-order valence-corrected chi connectivity index (χ4v) is 4.15. The van der Waals surface area contributed by atoms with E-state index < -0.39 is 16.1 Å². The summed E-state index contributed by atoms with van der Waals surface area (Å²) in [5.74, 6) is -0.0146. The highest BCUT2D eigenvalue weighted by molar-refractivity contribution is 7.89. The first-order valence-corrected chi connectivity index (χ1v) is 11.0. The maximum Gasteiger partial charge on any atom is 0.254 e. The van der Waals surface area contributed by atoms with E-state index in [1.54, 1.807) is 17.9 Å². The number of hydrogen-bond donors (Lipinski definition) is 2. The summed E-state index contributed by atoms with van der Waals surface area (Å²) in [4.78, 5) is 16.7. The van der Waals surface area contributed by atoms with Crippen molar-refractivity contribution in [1.29, 1.82) is 0 Å². The summed E-state index contributed by atoms with van der Waals surface area (Å²) in [5, 5.41) is 15.6. The van der Waals surface area contributed by atoms with Gasteiger partial charge in [-0.1, -0.05) is 13.0 Å². The average Bonchev–Trinajstić information content (AvgIpc) is 2.60. The van der Waals surface area contributed by atoms with E-state index in [-0.39, 0.29) is 16.7 Å². The molecule has 1 aliphatic heterocycles. The molecule has 1 aromatic rings. The van der Waals surface area contributed by atoms with Gasteiger partial charge in [0.2, 0.25) is 10.0 Å². The fraction of sp³-hybridized carbons (Fsp3) is 0.632. The minimum absolute atomic E-state index is 0.0549. The number of nitrogens with zero attached hydrogens (tertiary/aromatic N) is 2. The van der Waals surface area contributed by atoms with Gasteiger partial charge < -0.3 is 14.9 Å². The largest absolute Gasteiger partial charge is 0.392 e. The van der Waals surface area contributed by atoms with Crippen LogP contribution in [0, 0.1) is 12.8 Å². The summed E-state index contributed by atoms with van der Waals surface area (Å²) in [6.07, 6.45) is 2.13. The quantitative estimate of drug-likeness (QED) is 0.719. The minimum atomic E-state index is -3.85. The molecule has 1 fully saturated rings. The lowest BCUT2D eigenvalue weighted by molar-refractivity contribution is 0.0329. The molecule has 7 nitrogen and oxygen atoms in total. The van der Waals surface area contributed by atoms with Crippen LogP contribution in [0.5, 0.6) is 0 Å². The zero-order valence-corrected chi connectivity index (χ0v) is 17.2. The van der Waals surface area contributed by atoms with E-state index in [0.29, 0.717) is 25.2 Å². The first-order valence-electron chi connectivity index (χ1n) is 9.42. The molecule has 0 radical (unpaired) electrons. The number of primary sulfonamides is 1. The minimum Gasteiger partial charge on any atom is -0.392 e. The number of likely N-dealkylation sites (N-methyl/N-ethyl adjacent to an activating group) is 1. The topological polar surface area (TPSA) is 104 Å². The molecule has 8 heteroatoms. The molecular formula is C19H31N3O4S. The lowest BCUT2D eigenvalue weighted by Gasteiger charge is -2.35. The number of carbonyl (C=O) groups is 1. The Morgan fingerprint density at radius 2 is 2.00 bits per heavy atom. The van der Waals surface area contributed by atoms with Gasteiger partial charge in [-0.3, -0.25) is 4.79 Å². The summed E-state index contributed by atoms with van der Waals surface area (Å²) in [6.45, 7) is 6.59. The van der Waals surface area contributed by atoms with Crippen molar-refractivity contribution >= 4 is 15.9 Å². The van der Waals surface area contributed by atoms with E-state index in [9.17, 15) is 18.3 Å². The van der Waals surface area contributed by atoms with Gasteiger partial charge in [0.05, 0.1) is 11.0 Å². The number of benzene rings is 1. The van der Waals surface area contributed by atoms with Gasteiger partial charge in [-0.15, -0.1) is 0 Å². The van der Waals surface area contributed by atoms with Gasteiger partial charge in [0.25, 0.3) is 5.91 Å². The predicted molar refractivity (Wildman–Crippen MR) is 105 cm³/mol. The number of likely N-dealkylation sites (tertiary alicyclic amines) is 1. The summed E-state index contributed by atoms with van der Waals surface area (Å²) in [6, 6.07) is 4.37. The molecule has 1 saturated heterocycles. The third-order valence-electron chi connectivity index (χ3n) is 5.24. The molecule has 1 heterocycles. The number of aryl methyl sites for hydroxylation is 1. The lowest BCUT2D eigenvalue weighted by Crippen LogP contribution is -2.44. The second kappa shape index (κ2) is 9.14. The number of amides is 1. The molecule has 2 rings (SSSR count). The predicted octanol–water partition coefficient (Wildman–Crippen LogP) is 1.20. The lowest BCUT2D eigenvalue weighted by atomic mass is 9.90. The number of aliphatic hydroxyl groups excluding tert-OH is 1. The SMILES string of the molecule is CCCN(C)CC(O)C1CCN(C(=O)c2cc(S(N)(=O)=O)ccc2C)CC1. The molecule has 1 atom stereocenters. The van der Waals surface area contributed by atoms with Crippen molar-refractivity contribution in [2.45, 2.75) is 44.1 Å². The number of hydrogen-bond acceptors (Lipinski definition) is 5. The van der Waals surface area contributed by atoms with Crippen LogP contribution in [-0.2, 0) is 10.0 Å². The maximum absolute atomic E-state index is 12.9. The van der Waals surface area contributed by atoms with Crippen molar-refractivity contribution in [3.63, 3.8) is 0 Å². The second-order valence-electron chi connectivity index (χ2n) is 7.48. The van der Waals surface area contributed by atoms with Crippen LogP contribution in [0.15, 0.2) is 23.1 Å². The molecule has 0 aromatic heterocycles.